The van der Waals surface area contributed by atoms with Gasteiger partial charge in [-0.05, 0) is 41.2 Å². The summed E-state index contributed by atoms with van der Waals surface area (Å²) in [7, 11) is 0. The molecule has 3 aromatic rings. The molecule has 3 rings (SSSR count). The molecule has 0 heterocycles. The van der Waals surface area contributed by atoms with Gasteiger partial charge < -0.3 is 10.1 Å². The molecule has 0 atom stereocenters. The molecule has 0 spiro atoms. The van der Waals surface area contributed by atoms with E-state index in [2.05, 4.69) is 43.4 Å². The van der Waals surface area contributed by atoms with Gasteiger partial charge in [0, 0.05) is 12.5 Å². The number of esters is 1. The zero-order valence-electron chi connectivity index (χ0n) is 18.1. The van der Waals surface area contributed by atoms with Gasteiger partial charge in [-0.3, -0.25) is 4.79 Å². The van der Waals surface area contributed by atoms with Crippen LogP contribution in [-0.2, 0) is 9.53 Å². The van der Waals surface area contributed by atoms with Crippen molar-refractivity contribution in [1.82, 2.24) is 5.32 Å². The first-order chi connectivity index (χ1) is 15.0. The van der Waals surface area contributed by atoms with Crippen LogP contribution in [0.3, 0.4) is 0 Å². The topological polar surface area (TPSA) is 55.4 Å². The zero-order valence-corrected chi connectivity index (χ0v) is 18.1. The van der Waals surface area contributed by atoms with E-state index in [9.17, 15) is 9.59 Å². The maximum absolute atomic E-state index is 12.2. The lowest BCUT2D eigenvalue weighted by molar-refractivity contribution is -0.124. The van der Waals surface area contributed by atoms with Gasteiger partial charge in [-0.25, -0.2) is 4.79 Å². The van der Waals surface area contributed by atoms with E-state index >= 15 is 0 Å². The zero-order chi connectivity index (χ0) is 22.1. The first-order valence-corrected chi connectivity index (χ1v) is 10.7. The number of carbonyl (C=O) groups is 2. The molecular formula is C27H29NO3. The van der Waals surface area contributed by atoms with Crippen LogP contribution in [0.5, 0.6) is 0 Å². The molecule has 1 N–H and O–H groups in total. The number of rotatable bonds is 9. The monoisotopic (exact) mass is 415 g/mol. The van der Waals surface area contributed by atoms with Crippen molar-refractivity contribution in [2.45, 2.75) is 32.1 Å². The molecule has 4 nitrogen and oxygen atoms in total. The van der Waals surface area contributed by atoms with Crippen LogP contribution in [0.4, 0.5) is 0 Å². The highest BCUT2D eigenvalue weighted by molar-refractivity contribution is 5.91. The normalized spacial score (nSPS) is 10.8. The van der Waals surface area contributed by atoms with E-state index in [1.165, 1.54) is 11.1 Å². The average Bonchev–Trinajstić information content (AvgIpc) is 2.81. The van der Waals surface area contributed by atoms with E-state index in [4.69, 9.17) is 4.74 Å². The standard InChI is InChI=1S/C27H29NO3/c1-20(2)21-13-15-24(16-14-21)27(30)31-19-26(29)28-18-17-25(22-9-5-3-6-10-22)23-11-7-4-8-12-23/h3-16,20,25H,17-19H2,1-2H3,(H,28,29). The predicted molar refractivity (Wildman–Crippen MR) is 123 cm³/mol. The molecule has 0 aliphatic carbocycles. The fraction of sp³-hybridized carbons (Fsp3) is 0.259. The molecule has 3 aromatic carbocycles. The van der Waals surface area contributed by atoms with Crippen LogP contribution >= 0.6 is 0 Å². The highest BCUT2D eigenvalue weighted by Crippen LogP contribution is 2.27. The second-order valence-electron chi connectivity index (χ2n) is 7.87. The van der Waals surface area contributed by atoms with Crippen molar-refractivity contribution in [3.05, 3.63) is 107 Å². The number of carbonyl (C=O) groups excluding carboxylic acids is 2. The molecule has 160 valence electrons. The number of ether oxygens (including phenoxy) is 1. The van der Waals surface area contributed by atoms with Crippen LogP contribution in [0.15, 0.2) is 84.9 Å². The van der Waals surface area contributed by atoms with Crippen LogP contribution < -0.4 is 5.32 Å². The molecule has 0 unspecified atom stereocenters. The van der Waals surface area contributed by atoms with E-state index in [0.717, 1.165) is 12.0 Å². The summed E-state index contributed by atoms with van der Waals surface area (Å²) in [5.41, 5.74) is 4.02. The Morgan fingerprint density at radius 1 is 0.774 bits per heavy atom. The Morgan fingerprint density at radius 3 is 1.84 bits per heavy atom. The van der Waals surface area contributed by atoms with Crippen LogP contribution in [0.25, 0.3) is 0 Å². The summed E-state index contributed by atoms with van der Waals surface area (Å²) in [4.78, 5) is 24.4. The summed E-state index contributed by atoms with van der Waals surface area (Å²) in [5.74, 6) is -0.208. The molecule has 1 amide bonds. The lowest BCUT2D eigenvalue weighted by Gasteiger charge is -2.18. The largest absolute Gasteiger partial charge is 0.452 e. The van der Waals surface area contributed by atoms with E-state index < -0.39 is 5.97 Å². The number of hydrogen-bond acceptors (Lipinski definition) is 3. The first kappa shape index (κ1) is 22.3. The van der Waals surface area contributed by atoms with Gasteiger partial charge in [0.05, 0.1) is 5.56 Å². The van der Waals surface area contributed by atoms with Gasteiger partial charge in [0.15, 0.2) is 6.61 Å². The maximum Gasteiger partial charge on any atom is 0.338 e. The van der Waals surface area contributed by atoms with Crippen LogP contribution in [0.1, 0.15) is 59.2 Å². The van der Waals surface area contributed by atoms with Gasteiger partial charge in [-0.15, -0.1) is 0 Å². The Morgan fingerprint density at radius 2 is 1.32 bits per heavy atom. The van der Waals surface area contributed by atoms with E-state index in [1.54, 1.807) is 12.1 Å². The Bertz CT molecular complexity index is 927. The Hall–Kier alpha value is -3.40. The Kier molecular flexibility index (Phi) is 7.99. The molecule has 4 heteroatoms. The molecule has 0 saturated carbocycles. The maximum atomic E-state index is 12.2. The summed E-state index contributed by atoms with van der Waals surface area (Å²) < 4.78 is 5.17. The number of benzene rings is 3. The predicted octanol–water partition coefficient (Wildman–Crippen LogP) is 5.31. The molecule has 0 aliphatic heterocycles. The van der Waals surface area contributed by atoms with Gasteiger partial charge in [0.2, 0.25) is 0 Å². The molecule has 0 saturated heterocycles. The van der Waals surface area contributed by atoms with Crippen LogP contribution in [0.2, 0.25) is 0 Å². The minimum atomic E-state index is -0.489. The van der Waals surface area contributed by atoms with E-state index in [1.807, 2.05) is 48.5 Å². The smallest absolute Gasteiger partial charge is 0.338 e. The lowest BCUT2D eigenvalue weighted by Crippen LogP contribution is -2.30. The second kappa shape index (κ2) is 11.1. The van der Waals surface area contributed by atoms with Crippen molar-refractivity contribution in [3.63, 3.8) is 0 Å². The van der Waals surface area contributed by atoms with E-state index in [-0.39, 0.29) is 18.4 Å². The molecule has 0 aromatic heterocycles. The third-order valence-corrected chi connectivity index (χ3v) is 5.31. The van der Waals surface area contributed by atoms with Crippen molar-refractivity contribution in [2.24, 2.45) is 0 Å². The van der Waals surface area contributed by atoms with Gasteiger partial charge in [-0.2, -0.15) is 0 Å². The highest BCUT2D eigenvalue weighted by atomic mass is 16.5. The van der Waals surface area contributed by atoms with Crippen LogP contribution in [0, 0.1) is 0 Å². The highest BCUT2D eigenvalue weighted by Gasteiger charge is 2.15. The van der Waals surface area contributed by atoms with Gasteiger partial charge in [-0.1, -0.05) is 86.6 Å². The Labute approximate surface area is 184 Å². The summed E-state index contributed by atoms with van der Waals surface area (Å²) in [6.07, 6.45) is 0.754. The van der Waals surface area contributed by atoms with Crippen molar-refractivity contribution in [1.29, 1.82) is 0 Å². The number of nitrogens with one attached hydrogen (secondary N) is 1. The molecule has 0 bridgehead atoms. The molecule has 0 aliphatic rings. The minimum Gasteiger partial charge on any atom is -0.452 e. The number of hydrogen-bond donors (Lipinski definition) is 1. The van der Waals surface area contributed by atoms with Crippen molar-refractivity contribution in [2.75, 3.05) is 13.2 Å². The lowest BCUT2D eigenvalue weighted by atomic mass is 9.88. The second-order valence-corrected chi connectivity index (χ2v) is 7.87. The summed E-state index contributed by atoms with van der Waals surface area (Å²) in [5, 5.41) is 2.87. The molecule has 0 fully saturated rings. The van der Waals surface area contributed by atoms with Crippen molar-refractivity contribution >= 4 is 11.9 Å². The van der Waals surface area contributed by atoms with Gasteiger partial charge >= 0.3 is 5.97 Å². The van der Waals surface area contributed by atoms with Crippen LogP contribution in [-0.4, -0.2) is 25.0 Å². The SMILES string of the molecule is CC(C)c1ccc(C(=O)OCC(=O)NCCC(c2ccccc2)c2ccccc2)cc1. The third kappa shape index (κ3) is 6.54. The fourth-order valence-corrected chi connectivity index (χ4v) is 3.52. The summed E-state index contributed by atoms with van der Waals surface area (Å²) >= 11 is 0. The molecule has 0 radical (unpaired) electrons. The third-order valence-electron chi connectivity index (χ3n) is 5.31. The molecular weight excluding hydrogens is 386 g/mol. The Balaban J connectivity index is 1.49. The van der Waals surface area contributed by atoms with E-state index in [0.29, 0.717) is 18.0 Å². The quantitative estimate of drug-likeness (QED) is 0.482. The van der Waals surface area contributed by atoms with Gasteiger partial charge in [0.1, 0.15) is 0 Å². The first-order valence-electron chi connectivity index (χ1n) is 10.7. The minimum absolute atomic E-state index is 0.185. The molecule has 31 heavy (non-hydrogen) atoms. The summed E-state index contributed by atoms with van der Waals surface area (Å²) in [6.45, 7) is 4.40. The summed E-state index contributed by atoms with van der Waals surface area (Å²) in [6, 6.07) is 27.8. The fourth-order valence-electron chi connectivity index (χ4n) is 3.52. The van der Waals surface area contributed by atoms with Crippen molar-refractivity contribution in [3.8, 4) is 0 Å². The van der Waals surface area contributed by atoms with Crippen molar-refractivity contribution < 1.29 is 14.3 Å². The average molecular weight is 416 g/mol. The number of amides is 1. The van der Waals surface area contributed by atoms with Gasteiger partial charge in [0.25, 0.3) is 5.91 Å².